The van der Waals surface area contributed by atoms with Gasteiger partial charge in [0, 0.05) is 18.3 Å². The number of aromatic hydroxyl groups is 1. The molecule has 7 N–H and O–H groups in total. The van der Waals surface area contributed by atoms with Crippen LogP contribution >= 0.6 is 0 Å². The lowest BCUT2D eigenvalue weighted by molar-refractivity contribution is -0.157. The van der Waals surface area contributed by atoms with Gasteiger partial charge in [-0.1, -0.05) is 30.3 Å². The maximum absolute atomic E-state index is 13.9. The summed E-state index contributed by atoms with van der Waals surface area (Å²) in [6.07, 6.45) is -0.981. The molecule has 4 atom stereocenters. The first kappa shape index (κ1) is 23.5. The largest absolute Gasteiger partial charge is 0.508 e. The standard InChI is InChI=1S/C26H20FNO8/c27-11-4-1-3-10(7-11)8-13-12-5-2-6-15(29)17(12)22(32)20-18(13)21(31)14-9-16(30)19(25(28)35)23(33)26(14,36)24(20)34/h1-8,14,18,21,29,31-33,36H,9H2,(H2,28,35)/b13-8+/t14-,18-,21-,26-/m1/s1. The van der Waals surface area contributed by atoms with Gasteiger partial charge in [0.25, 0.3) is 5.91 Å². The summed E-state index contributed by atoms with van der Waals surface area (Å²) < 4.78 is 13.9. The predicted molar refractivity (Wildman–Crippen MR) is 123 cm³/mol. The summed E-state index contributed by atoms with van der Waals surface area (Å²) >= 11 is 0. The minimum atomic E-state index is -2.94. The van der Waals surface area contributed by atoms with E-state index < -0.39 is 81.7 Å². The third-order valence-corrected chi connectivity index (χ3v) is 7.07. The fraction of sp³-hybridized carbons (Fsp3) is 0.192. The minimum absolute atomic E-state index is 0.181. The molecule has 1 saturated carbocycles. The van der Waals surface area contributed by atoms with Crippen LogP contribution in [0.2, 0.25) is 0 Å². The van der Waals surface area contributed by atoms with Crippen LogP contribution in [0.15, 0.2) is 59.4 Å². The first-order valence-electron chi connectivity index (χ1n) is 10.9. The Morgan fingerprint density at radius 3 is 2.47 bits per heavy atom. The van der Waals surface area contributed by atoms with Gasteiger partial charge in [-0.2, -0.15) is 0 Å². The molecule has 0 aromatic heterocycles. The highest BCUT2D eigenvalue weighted by molar-refractivity contribution is 6.23. The molecule has 2 aromatic carbocycles. The summed E-state index contributed by atoms with van der Waals surface area (Å²) in [5.74, 6) is -9.60. The number of benzene rings is 2. The number of nitrogens with two attached hydrogens (primary N) is 1. The lowest BCUT2D eigenvalue weighted by Crippen LogP contribution is -2.63. The summed E-state index contributed by atoms with van der Waals surface area (Å²) in [4.78, 5) is 38.1. The number of phenolic OH excluding ortho intramolecular Hbond substituents is 1. The van der Waals surface area contributed by atoms with Crippen LogP contribution in [0, 0.1) is 17.7 Å². The van der Waals surface area contributed by atoms with E-state index in [2.05, 4.69) is 0 Å². The second-order valence-corrected chi connectivity index (χ2v) is 9.00. The van der Waals surface area contributed by atoms with Crippen LogP contribution in [0.1, 0.15) is 23.1 Å². The Kier molecular flexibility index (Phi) is 5.13. The van der Waals surface area contributed by atoms with E-state index in [0.29, 0.717) is 5.56 Å². The quantitative estimate of drug-likeness (QED) is 0.341. The smallest absolute Gasteiger partial charge is 0.255 e. The number of aliphatic hydroxyl groups excluding tert-OH is 3. The van der Waals surface area contributed by atoms with E-state index in [0.717, 1.165) is 0 Å². The van der Waals surface area contributed by atoms with E-state index in [1.807, 2.05) is 0 Å². The van der Waals surface area contributed by atoms with Crippen LogP contribution in [0.25, 0.3) is 17.4 Å². The Morgan fingerprint density at radius 2 is 1.81 bits per heavy atom. The molecule has 5 rings (SSSR count). The molecule has 36 heavy (non-hydrogen) atoms. The Hall–Kier alpha value is -4.28. The molecule has 0 heterocycles. The Labute approximate surface area is 202 Å². The van der Waals surface area contributed by atoms with Gasteiger partial charge >= 0.3 is 0 Å². The van der Waals surface area contributed by atoms with Crippen molar-refractivity contribution in [3.63, 3.8) is 0 Å². The van der Waals surface area contributed by atoms with Gasteiger partial charge in [-0.3, -0.25) is 14.4 Å². The number of phenols is 1. The molecule has 0 radical (unpaired) electrons. The van der Waals surface area contributed by atoms with Crippen LogP contribution in [-0.2, 0) is 14.4 Å². The zero-order chi connectivity index (χ0) is 26.1. The number of amides is 1. The SMILES string of the molecule is NC(=O)C1=C(O)[C@@]2(O)C(=O)C3=C(O)c4c(O)cccc4/C(=C\c4cccc(F)c4)[C@H]3[C@H](O)[C@H]2CC1=O. The molecule has 10 heteroatoms. The van der Waals surface area contributed by atoms with Crippen molar-refractivity contribution in [3.8, 4) is 5.75 Å². The molecule has 9 nitrogen and oxygen atoms in total. The highest BCUT2D eigenvalue weighted by Crippen LogP contribution is 2.55. The summed E-state index contributed by atoms with van der Waals surface area (Å²) in [5.41, 5.74) is 1.28. The number of carbonyl (C=O) groups is 3. The molecule has 1 fully saturated rings. The van der Waals surface area contributed by atoms with E-state index in [1.54, 1.807) is 6.07 Å². The topological polar surface area (TPSA) is 178 Å². The maximum atomic E-state index is 13.9. The van der Waals surface area contributed by atoms with E-state index in [9.17, 15) is 44.3 Å². The lowest BCUT2D eigenvalue weighted by atomic mass is 9.56. The zero-order valence-electron chi connectivity index (χ0n) is 18.5. The molecule has 0 bridgehead atoms. The van der Waals surface area contributed by atoms with E-state index >= 15 is 0 Å². The summed E-state index contributed by atoms with van der Waals surface area (Å²) in [7, 11) is 0. The zero-order valence-corrected chi connectivity index (χ0v) is 18.5. The van der Waals surface area contributed by atoms with Gasteiger partial charge in [0.15, 0.2) is 11.4 Å². The summed E-state index contributed by atoms with van der Waals surface area (Å²) in [5, 5.41) is 55.1. The van der Waals surface area contributed by atoms with Crippen molar-refractivity contribution in [2.24, 2.45) is 17.6 Å². The van der Waals surface area contributed by atoms with Crippen molar-refractivity contribution in [1.82, 2.24) is 0 Å². The first-order chi connectivity index (χ1) is 17.0. The third kappa shape index (κ3) is 3.05. The normalized spacial score (nSPS) is 28.6. The van der Waals surface area contributed by atoms with Crippen molar-refractivity contribution in [2.75, 3.05) is 0 Å². The van der Waals surface area contributed by atoms with E-state index in [4.69, 9.17) is 5.73 Å². The molecule has 0 aliphatic heterocycles. The van der Waals surface area contributed by atoms with E-state index in [-0.39, 0.29) is 16.7 Å². The number of Topliss-reactive ketones (excluding diaryl/α,β-unsaturated/α-hetero) is 2. The number of rotatable bonds is 2. The minimum Gasteiger partial charge on any atom is -0.508 e. The van der Waals surface area contributed by atoms with Crippen molar-refractivity contribution in [1.29, 1.82) is 0 Å². The number of fused-ring (bicyclic) bond motifs is 3. The molecule has 0 unspecified atom stereocenters. The molecule has 1 amide bonds. The fourth-order valence-corrected chi connectivity index (χ4v) is 5.46. The number of halogens is 1. The summed E-state index contributed by atoms with van der Waals surface area (Å²) in [6.45, 7) is 0. The molecule has 0 spiro atoms. The summed E-state index contributed by atoms with van der Waals surface area (Å²) in [6, 6.07) is 9.64. The predicted octanol–water partition coefficient (Wildman–Crippen LogP) is 1.53. The van der Waals surface area contributed by atoms with Gasteiger partial charge < -0.3 is 31.3 Å². The Bertz CT molecular complexity index is 1470. The van der Waals surface area contributed by atoms with Gasteiger partial charge in [-0.25, -0.2) is 4.39 Å². The first-order valence-corrected chi connectivity index (χ1v) is 10.9. The number of ketones is 2. The number of carbonyl (C=O) groups excluding carboxylic acids is 3. The Balaban J connectivity index is 1.82. The molecule has 0 saturated heterocycles. The van der Waals surface area contributed by atoms with Crippen molar-refractivity contribution >= 4 is 34.9 Å². The highest BCUT2D eigenvalue weighted by Gasteiger charge is 2.64. The Morgan fingerprint density at radius 1 is 1.11 bits per heavy atom. The number of primary amides is 1. The second kappa shape index (κ2) is 7.87. The second-order valence-electron chi connectivity index (χ2n) is 9.00. The molecule has 184 valence electrons. The van der Waals surface area contributed by atoms with Crippen molar-refractivity contribution < 1.29 is 44.3 Å². The molecule has 3 aliphatic rings. The highest BCUT2D eigenvalue weighted by atomic mass is 19.1. The maximum Gasteiger partial charge on any atom is 0.255 e. The molecule has 2 aromatic rings. The molecular formula is C26H20FNO8. The average Bonchev–Trinajstić information content (AvgIpc) is 2.81. The van der Waals surface area contributed by atoms with Gasteiger partial charge in [0.1, 0.15) is 28.7 Å². The van der Waals surface area contributed by atoms with Crippen molar-refractivity contribution in [3.05, 3.63) is 81.9 Å². The number of aliphatic hydroxyl groups is 4. The number of hydrogen-bond acceptors (Lipinski definition) is 8. The van der Waals surface area contributed by atoms with Gasteiger partial charge in [-0.15, -0.1) is 0 Å². The van der Waals surface area contributed by atoms with Crippen molar-refractivity contribution in [2.45, 2.75) is 18.1 Å². The fourth-order valence-electron chi connectivity index (χ4n) is 5.46. The third-order valence-electron chi connectivity index (χ3n) is 7.07. The van der Waals surface area contributed by atoms with E-state index in [1.165, 1.54) is 42.5 Å². The van der Waals surface area contributed by atoms with Crippen LogP contribution in [-0.4, -0.2) is 54.7 Å². The number of hydrogen-bond donors (Lipinski definition) is 6. The molecular weight excluding hydrogens is 473 g/mol. The van der Waals surface area contributed by atoms with Crippen LogP contribution in [0.3, 0.4) is 0 Å². The monoisotopic (exact) mass is 493 g/mol. The van der Waals surface area contributed by atoms with Gasteiger partial charge in [-0.05, 0) is 34.9 Å². The molecule has 3 aliphatic carbocycles. The van der Waals surface area contributed by atoms with Gasteiger partial charge in [0.05, 0.1) is 17.2 Å². The van der Waals surface area contributed by atoms with Crippen LogP contribution < -0.4 is 5.73 Å². The average molecular weight is 493 g/mol. The van der Waals surface area contributed by atoms with Crippen LogP contribution in [0.5, 0.6) is 5.75 Å². The van der Waals surface area contributed by atoms with Crippen LogP contribution in [0.4, 0.5) is 4.39 Å². The van der Waals surface area contributed by atoms with Gasteiger partial charge in [0.2, 0.25) is 5.78 Å². The lowest BCUT2D eigenvalue weighted by Gasteiger charge is -2.49.